The second kappa shape index (κ2) is 6.08. The summed E-state index contributed by atoms with van der Waals surface area (Å²) in [5.41, 5.74) is 4.44. The summed E-state index contributed by atoms with van der Waals surface area (Å²) in [6.45, 7) is 0. The highest BCUT2D eigenvalue weighted by Gasteiger charge is 2.13. The number of thiazole rings is 1. The van der Waals surface area contributed by atoms with E-state index in [0.29, 0.717) is 0 Å². The van der Waals surface area contributed by atoms with Crippen LogP contribution in [0.3, 0.4) is 0 Å². The van der Waals surface area contributed by atoms with Crippen LogP contribution in [0.5, 0.6) is 0 Å². The van der Waals surface area contributed by atoms with E-state index in [4.69, 9.17) is 16.6 Å². The van der Waals surface area contributed by atoms with Crippen LogP contribution in [0.4, 0.5) is 0 Å². The van der Waals surface area contributed by atoms with Crippen molar-refractivity contribution in [2.24, 2.45) is 0 Å². The van der Waals surface area contributed by atoms with E-state index in [2.05, 4.69) is 52.3 Å². The monoisotopic (exact) mass is 399 g/mol. The fourth-order valence-electron chi connectivity index (χ4n) is 2.54. The Kier molecular flexibility index (Phi) is 3.93. The molecule has 0 aliphatic rings. The lowest BCUT2D eigenvalue weighted by atomic mass is 10.0. The van der Waals surface area contributed by atoms with E-state index >= 15 is 0 Å². The van der Waals surface area contributed by atoms with E-state index < -0.39 is 0 Å². The van der Waals surface area contributed by atoms with Gasteiger partial charge < -0.3 is 0 Å². The molecule has 4 heteroatoms. The Morgan fingerprint density at radius 1 is 0.826 bits per heavy atom. The maximum atomic E-state index is 5.98. The molecule has 3 aromatic carbocycles. The molecular formula is C19H11BrClNS. The maximum Gasteiger partial charge on any atom is 0.124 e. The van der Waals surface area contributed by atoms with E-state index in [-0.39, 0.29) is 0 Å². The summed E-state index contributed by atoms with van der Waals surface area (Å²) in [5, 5.41) is 1.74. The first-order valence-corrected chi connectivity index (χ1v) is 9.11. The molecular weight excluding hydrogens is 390 g/mol. The minimum absolute atomic E-state index is 0.737. The predicted octanol–water partition coefficient (Wildman–Crippen LogP) is 7.05. The van der Waals surface area contributed by atoms with Crippen LogP contribution in [0.1, 0.15) is 0 Å². The summed E-state index contributed by atoms with van der Waals surface area (Å²) in [6, 6.07) is 22.4. The Balaban J connectivity index is 1.94. The van der Waals surface area contributed by atoms with Gasteiger partial charge in [0.2, 0.25) is 0 Å². The first-order chi connectivity index (χ1) is 11.2. The number of fused-ring (bicyclic) bond motifs is 1. The summed E-state index contributed by atoms with van der Waals surface area (Å²) in [7, 11) is 0. The zero-order valence-electron chi connectivity index (χ0n) is 12.0. The highest BCUT2D eigenvalue weighted by molar-refractivity contribution is 9.10. The fourth-order valence-corrected chi connectivity index (χ4v) is 4.23. The Morgan fingerprint density at radius 2 is 1.57 bits per heavy atom. The third-order valence-corrected chi connectivity index (χ3v) is 5.98. The molecule has 0 bridgehead atoms. The smallest absolute Gasteiger partial charge is 0.124 e. The molecule has 0 spiro atoms. The molecule has 0 saturated carbocycles. The molecule has 23 heavy (non-hydrogen) atoms. The minimum Gasteiger partial charge on any atom is -0.235 e. The first kappa shape index (κ1) is 14.9. The Morgan fingerprint density at radius 3 is 2.30 bits per heavy atom. The molecule has 0 aliphatic carbocycles. The Bertz CT molecular complexity index is 978. The van der Waals surface area contributed by atoms with Gasteiger partial charge in [-0.25, -0.2) is 4.98 Å². The molecule has 0 fully saturated rings. The lowest BCUT2D eigenvalue weighted by molar-refractivity contribution is 1.47. The van der Waals surface area contributed by atoms with E-state index in [1.165, 1.54) is 5.56 Å². The van der Waals surface area contributed by atoms with Gasteiger partial charge in [0.1, 0.15) is 5.01 Å². The standard InChI is InChI=1S/C19H11BrClNS/c20-16-11-10-15(12-4-2-1-3-5-12)17-18(16)23-19(22-17)13-6-8-14(21)9-7-13/h1-11H. The number of benzene rings is 3. The van der Waals surface area contributed by atoms with Gasteiger partial charge in [-0.3, -0.25) is 0 Å². The molecule has 0 N–H and O–H groups in total. The van der Waals surface area contributed by atoms with Crippen molar-refractivity contribution in [1.29, 1.82) is 0 Å². The van der Waals surface area contributed by atoms with Crippen LogP contribution in [-0.4, -0.2) is 4.98 Å². The highest BCUT2D eigenvalue weighted by Crippen LogP contribution is 2.39. The summed E-state index contributed by atoms with van der Waals surface area (Å²) in [6.07, 6.45) is 0. The molecule has 0 atom stereocenters. The second-order valence-corrected chi connectivity index (χ2v) is 7.45. The summed E-state index contributed by atoms with van der Waals surface area (Å²) in [5.74, 6) is 0. The van der Waals surface area contributed by atoms with E-state index in [0.717, 1.165) is 35.8 Å². The lowest BCUT2D eigenvalue weighted by Gasteiger charge is -2.03. The SMILES string of the molecule is Clc1ccc(-c2nc3c(-c4ccccc4)ccc(Br)c3s2)cc1. The molecule has 0 amide bonds. The summed E-state index contributed by atoms with van der Waals surface area (Å²) in [4.78, 5) is 4.90. The average molecular weight is 401 g/mol. The van der Waals surface area contributed by atoms with Gasteiger partial charge in [0.05, 0.1) is 10.2 Å². The van der Waals surface area contributed by atoms with Crippen LogP contribution in [-0.2, 0) is 0 Å². The summed E-state index contributed by atoms with van der Waals surface area (Å²) < 4.78 is 2.24. The number of nitrogens with zero attached hydrogens (tertiary/aromatic N) is 1. The number of rotatable bonds is 2. The number of hydrogen-bond donors (Lipinski definition) is 0. The van der Waals surface area contributed by atoms with Gasteiger partial charge in [-0.15, -0.1) is 11.3 Å². The zero-order valence-corrected chi connectivity index (χ0v) is 15.1. The lowest BCUT2D eigenvalue weighted by Crippen LogP contribution is -1.81. The van der Waals surface area contributed by atoms with Crippen molar-refractivity contribution >= 4 is 49.1 Å². The summed E-state index contributed by atoms with van der Waals surface area (Å²) >= 11 is 11.3. The molecule has 0 aliphatic heterocycles. The van der Waals surface area contributed by atoms with Gasteiger partial charge in [0, 0.05) is 20.6 Å². The van der Waals surface area contributed by atoms with Crippen LogP contribution >= 0.6 is 38.9 Å². The molecule has 4 aromatic rings. The molecule has 0 radical (unpaired) electrons. The molecule has 1 nitrogen and oxygen atoms in total. The fraction of sp³-hybridized carbons (Fsp3) is 0. The van der Waals surface area contributed by atoms with Gasteiger partial charge in [-0.05, 0) is 39.7 Å². The second-order valence-electron chi connectivity index (χ2n) is 5.16. The Labute approximate surface area is 151 Å². The van der Waals surface area contributed by atoms with Crippen LogP contribution < -0.4 is 0 Å². The van der Waals surface area contributed by atoms with Gasteiger partial charge >= 0.3 is 0 Å². The Hall–Kier alpha value is -1.68. The van der Waals surface area contributed by atoms with E-state index in [9.17, 15) is 0 Å². The topological polar surface area (TPSA) is 12.9 Å². The van der Waals surface area contributed by atoms with Gasteiger partial charge in [0.15, 0.2) is 0 Å². The normalized spacial score (nSPS) is 11.0. The van der Waals surface area contributed by atoms with Crippen LogP contribution in [0.2, 0.25) is 5.02 Å². The zero-order chi connectivity index (χ0) is 15.8. The molecule has 1 aromatic heterocycles. The van der Waals surface area contributed by atoms with Gasteiger partial charge in [0.25, 0.3) is 0 Å². The van der Waals surface area contributed by atoms with E-state index in [1.54, 1.807) is 11.3 Å². The van der Waals surface area contributed by atoms with Crippen LogP contribution in [0.25, 0.3) is 31.9 Å². The molecule has 1 heterocycles. The third-order valence-electron chi connectivity index (χ3n) is 3.67. The molecule has 4 rings (SSSR count). The number of hydrogen-bond acceptors (Lipinski definition) is 2. The minimum atomic E-state index is 0.737. The van der Waals surface area contributed by atoms with Crippen molar-refractivity contribution in [2.45, 2.75) is 0 Å². The quantitative estimate of drug-likeness (QED) is 0.351. The van der Waals surface area contributed by atoms with Gasteiger partial charge in [-0.2, -0.15) is 0 Å². The van der Waals surface area contributed by atoms with Crippen molar-refractivity contribution < 1.29 is 0 Å². The van der Waals surface area contributed by atoms with Crippen molar-refractivity contribution in [2.75, 3.05) is 0 Å². The van der Waals surface area contributed by atoms with Crippen molar-refractivity contribution in [1.82, 2.24) is 4.98 Å². The maximum absolute atomic E-state index is 5.98. The first-order valence-electron chi connectivity index (χ1n) is 7.13. The number of aromatic nitrogens is 1. The average Bonchev–Trinajstić information content (AvgIpc) is 3.03. The van der Waals surface area contributed by atoms with Gasteiger partial charge in [-0.1, -0.05) is 60.1 Å². The molecule has 0 unspecified atom stereocenters. The van der Waals surface area contributed by atoms with Crippen LogP contribution in [0, 0.1) is 0 Å². The number of halogens is 2. The van der Waals surface area contributed by atoms with Crippen molar-refractivity contribution in [3.63, 3.8) is 0 Å². The largest absolute Gasteiger partial charge is 0.235 e. The molecule has 0 saturated heterocycles. The molecule has 112 valence electrons. The van der Waals surface area contributed by atoms with E-state index in [1.807, 2.05) is 30.3 Å². The van der Waals surface area contributed by atoms with Crippen molar-refractivity contribution in [3.8, 4) is 21.7 Å². The van der Waals surface area contributed by atoms with Crippen LogP contribution in [0.15, 0.2) is 71.2 Å². The highest BCUT2D eigenvalue weighted by atomic mass is 79.9. The van der Waals surface area contributed by atoms with Crippen molar-refractivity contribution in [3.05, 3.63) is 76.2 Å². The predicted molar refractivity (Wildman–Crippen MR) is 103 cm³/mol. The third kappa shape index (κ3) is 2.80.